The second kappa shape index (κ2) is 13.9. The van der Waals surface area contributed by atoms with Gasteiger partial charge in [-0.15, -0.1) is 0 Å². The Labute approximate surface area is 267 Å². The maximum atomic E-state index is 13.9. The van der Waals surface area contributed by atoms with Crippen molar-refractivity contribution in [2.45, 2.75) is 53.5 Å². The maximum Gasteiger partial charge on any atom is 0.253 e. The number of benzene rings is 3. The van der Waals surface area contributed by atoms with Crippen LogP contribution in [0.5, 0.6) is 0 Å². The van der Waals surface area contributed by atoms with Crippen LogP contribution in [0.3, 0.4) is 0 Å². The van der Waals surface area contributed by atoms with Crippen molar-refractivity contribution in [1.82, 2.24) is 4.90 Å². The zero-order chi connectivity index (χ0) is 32.1. The van der Waals surface area contributed by atoms with Crippen molar-refractivity contribution >= 4 is 22.9 Å². The molecule has 236 valence electrons. The molecule has 1 unspecified atom stereocenters. The van der Waals surface area contributed by atoms with E-state index in [1.807, 2.05) is 43.0 Å². The van der Waals surface area contributed by atoms with Crippen LogP contribution in [0.4, 0.5) is 10.1 Å². The lowest BCUT2D eigenvalue weighted by Gasteiger charge is -2.48. The quantitative estimate of drug-likeness (QED) is 0.186. The zero-order valence-electron chi connectivity index (χ0n) is 27.3. The Hall–Kier alpha value is -4.03. The van der Waals surface area contributed by atoms with Crippen molar-refractivity contribution in [3.05, 3.63) is 119 Å². The molecule has 3 aromatic rings. The van der Waals surface area contributed by atoms with Gasteiger partial charge in [0.2, 0.25) is 0 Å². The van der Waals surface area contributed by atoms with Gasteiger partial charge < -0.3 is 14.5 Å². The number of para-hydroxylation sites is 1. The molecule has 0 saturated carbocycles. The lowest BCUT2D eigenvalue weighted by Crippen LogP contribution is -2.54. The smallest absolute Gasteiger partial charge is 0.253 e. The molecule has 0 spiro atoms. The Morgan fingerprint density at radius 3 is 2.40 bits per heavy atom. The molecule has 2 saturated heterocycles. The number of allylic oxidation sites excluding steroid dienone is 3. The number of hydrogen-bond donors (Lipinski definition) is 1. The highest BCUT2D eigenvalue weighted by atomic mass is 19.1. The summed E-state index contributed by atoms with van der Waals surface area (Å²) in [7, 11) is 0. The van der Waals surface area contributed by atoms with Crippen LogP contribution >= 0.6 is 0 Å². The number of ether oxygens (including phenoxy) is 1. The maximum absolute atomic E-state index is 13.9. The number of hydrogen-bond acceptors (Lipinski definition) is 4. The highest BCUT2D eigenvalue weighted by molar-refractivity contribution is 6.14. The van der Waals surface area contributed by atoms with Gasteiger partial charge in [-0.05, 0) is 93.5 Å². The van der Waals surface area contributed by atoms with Gasteiger partial charge in [-0.1, -0.05) is 61.5 Å². The second-order valence-corrected chi connectivity index (χ2v) is 13.0. The molecule has 1 amide bonds. The predicted octanol–water partition coefficient (Wildman–Crippen LogP) is 8.31. The largest absolute Gasteiger partial charge is 0.380 e. The number of anilines is 1. The summed E-state index contributed by atoms with van der Waals surface area (Å²) < 4.78 is 19.6. The fourth-order valence-corrected chi connectivity index (χ4v) is 6.71. The molecular weight excluding hydrogens is 561 g/mol. The lowest BCUT2D eigenvalue weighted by molar-refractivity contribution is -0.0964. The zero-order valence-corrected chi connectivity index (χ0v) is 27.3. The third kappa shape index (κ3) is 7.12. The Bertz CT molecular complexity index is 1600. The van der Waals surface area contributed by atoms with Gasteiger partial charge in [0.1, 0.15) is 5.82 Å². The minimum absolute atomic E-state index is 0.0138. The molecule has 0 bridgehead atoms. The average Bonchev–Trinajstić information content (AvgIpc) is 3.04. The number of aryl methyl sites for hydroxylation is 1. The number of carbonyl (C=O) groups excluding carboxylic acids is 1. The molecule has 5 nitrogen and oxygen atoms in total. The Morgan fingerprint density at radius 1 is 1.04 bits per heavy atom. The van der Waals surface area contributed by atoms with E-state index < -0.39 is 0 Å². The van der Waals surface area contributed by atoms with Gasteiger partial charge in [0.15, 0.2) is 0 Å². The topological polar surface area (TPSA) is 56.6 Å². The van der Waals surface area contributed by atoms with E-state index in [1.54, 1.807) is 12.1 Å². The van der Waals surface area contributed by atoms with Gasteiger partial charge in [-0.3, -0.25) is 10.2 Å². The number of nitrogens with zero attached hydrogens (tertiary/aromatic N) is 2. The van der Waals surface area contributed by atoms with E-state index in [2.05, 4.69) is 62.1 Å². The Balaban J connectivity index is 1.35. The summed E-state index contributed by atoms with van der Waals surface area (Å²) in [4.78, 5) is 18.4. The summed E-state index contributed by atoms with van der Waals surface area (Å²) in [6.45, 7) is 14.4. The number of rotatable bonds is 10. The van der Waals surface area contributed by atoms with Crippen LogP contribution < -0.4 is 4.90 Å². The van der Waals surface area contributed by atoms with Gasteiger partial charge in [0.25, 0.3) is 5.91 Å². The Morgan fingerprint density at radius 2 is 1.78 bits per heavy atom. The van der Waals surface area contributed by atoms with Crippen molar-refractivity contribution in [3.63, 3.8) is 0 Å². The van der Waals surface area contributed by atoms with Crippen molar-refractivity contribution in [3.8, 4) is 0 Å². The fraction of sp³-hybridized carbons (Fsp3) is 0.385. The molecular formula is C39H46FN3O2. The molecule has 2 aliphatic heterocycles. The van der Waals surface area contributed by atoms with Crippen LogP contribution in [0.25, 0.3) is 5.57 Å². The summed E-state index contributed by atoms with van der Waals surface area (Å²) in [5, 5.41) is 8.82. The first kappa shape index (κ1) is 32.4. The third-order valence-corrected chi connectivity index (χ3v) is 9.44. The number of carbonyl (C=O) groups is 1. The average molecular weight is 608 g/mol. The van der Waals surface area contributed by atoms with E-state index in [4.69, 9.17) is 10.1 Å². The third-order valence-electron chi connectivity index (χ3n) is 9.44. The predicted molar refractivity (Wildman–Crippen MR) is 183 cm³/mol. The molecule has 1 N–H and O–H groups in total. The summed E-state index contributed by atoms with van der Waals surface area (Å²) in [6, 6.07) is 20.5. The van der Waals surface area contributed by atoms with Crippen LogP contribution in [0, 0.1) is 29.5 Å². The number of nitrogens with one attached hydrogen (secondary N) is 1. The van der Waals surface area contributed by atoms with Gasteiger partial charge in [-0.2, -0.15) is 0 Å². The van der Waals surface area contributed by atoms with Gasteiger partial charge in [0.05, 0.1) is 25.0 Å². The van der Waals surface area contributed by atoms with Gasteiger partial charge >= 0.3 is 0 Å². The molecule has 3 aromatic carbocycles. The van der Waals surface area contributed by atoms with E-state index in [1.165, 1.54) is 23.4 Å². The second-order valence-electron chi connectivity index (χ2n) is 13.0. The molecule has 0 aliphatic carbocycles. The first-order valence-corrected chi connectivity index (χ1v) is 16.1. The fourth-order valence-electron chi connectivity index (χ4n) is 6.71. The molecule has 2 fully saturated rings. The van der Waals surface area contributed by atoms with E-state index in [0.29, 0.717) is 35.7 Å². The van der Waals surface area contributed by atoms with E-state index >= 15 is 0 Å². The van der Waals surface area contributed by atoms with Crippen LogP contribution in [0.2, 0.25) is 0 Å². The molecule has 2 heterocycles. The van der Waals surface area contributed by atoms with Crippen molar-refractivity contribution < 1.29 is 13.9 Å². The summed E-state index contributed by atoms with van der Waals surface area (Å²) in [5.74, 6) is 0.0472. The minimum atomic E-state index is -0.373. The number of piperidine rings is 1. The van der Waals surface area contributed by atoms with Crippen molar-refractivity contribution in [1.29, 1.82) is 5.41 Å². The van der Waals surface area contributed by atoms with E-state index in [-0.39, 0.29) is 28.9 Å². The lowest BCUT2D eigenvalue weighted by atomic mass is 9.83. The van der Waals surface area contributed by atoms with Gasteiger partial charge in [0, 0.05) is 47.4 Å². The SMILES string of the molecule is C/C=C\C(C1CCN(C(=O)c2ccc(C(=N)c3cccc(F)c3)c(/C(C)=C/C)c2)CC1)N(CC1(C)COC1)c1ccccc1C. The molecule has 0 radical (unpaired) electrons. The summed E-state index contributed by atoms with van der Waals surface area (Å²) in [5.41, 5.74) is 6.49. The van der Waals surface area contributed by atoms with Crippen molar-refractivity contribution in [2.75, 3.05) is 37.7 Å². The molecule has 5 rings (SSSR count). The monoisotopic (exact) mass is 607 g/mol. The van der Waals surface area contributed by atoms with E-state index in [0.717, 1.165) is 43.7 Å². The van der Waals surface area contributed by atoms with Crippen molar-refractivity contribution in [2.24, 2.45) is 11.3 Å². The van der Waals surface area contributed by atoms with Crippen LogP contribution in [0.15, 0.2) is 85.0 Å². The number of halogens is 1. The molecule has 45 heavy (non-hydrogen) atoms. The van der Waals surface area contributed by atoms with E-state index in [9.17, 15) is 9.18 Å². The standard InChI is InChI=1S/C39H46FN3O2/c1-6-11-36(43(24-39(5)25-45-26-39)35-15-9-8-12-28(35)4)29-18-20-42(21-19-29)38(44)31-16-17-33(34(23-31)27(3)7-2)37(41)30-13-10-14-32(40)22-30/h6-17,22-23,29,36,41H,18-21,24-26H2,1-5H3/b11-6-,27-7+,41-37?. The molecule has 6 heteroatoms. The summed E-state index contributed by atoms with van der Waals surface area (Å²) >= 11 is 0. The normalized spacial score (nSPS) is 17.6. The minimum Gasteiger partial charge on any atom is -0.380 e. The molecule has 2 aliphatic rings. The van der Waals surface area contributed by atoms with Crippen LogP contribution in [0.1, 0.15) is 73.1 Å². The first-order valence-electron chi connectivity index (χ1n) is 16.1. The van der Waals surface area contributed by atoms with Gasteiger partial charge in [-0.25, -0.2) is 4.39 Å². The highest BCUT2D eigenvalue weighted by Crippen LogP contribution is 2.36. The number of likely N-dealkylation sites (tertiary alicyclic amines) is 1. The number of amides is 1. The molecule has 0 aromatic heterocycles. The summed E-state index contributed by atoms with van der Waals surface area (Å²) in [6.07, 6.45) is 8.32. The molecule has 1 atom stereocenters. The Kier molecular flexibility index (Phi) is 10.0. The van der Waals surface area contributed by atoms with Crippen LogP contribution in [-0.4, -0.2) is 55.4 Å². The van der Waals surface area contributed by atoms with Crippen LogP contribution in [-0.2, 0) is 4.74 Å². The first-order chi connectivity index (χ1) is 21.6. The highest BCUT2D eigenvalue weighted by Gasteiger charge is 2.39.